The summed E-state index contributed by atoms with van der Waals surface area (Å²) < 4.78 is 0. The van der Waals surface area contributed by atoms with Gasteiger partial charge in [-0.15, -0.1) is 0 Å². The Morgan fingerprint density at radius 1 is 1.42 bits per heavy atom. The molecule has 1 aliphatic rings. The summed E-state index contributed by atoms with van der Waals surface area (Å²) >= 11 is 0. The fourth-order valence-electron chi connectivity index (χ4n) is 2.90. The summed E-state index contributed by atoms with van der Waals surface area (Å²) in [5.41, 5.74) is 2.31. The van der Waals surface area contributed by atoms with Crippen LogP contribution in [0.25, 0.3) is 0 Å². The van der Waals surface area contributed by atoms with Gasteiger partial charge in [-0.3, -0.25) is 9.88 Å². The first kappa shape index (κ1) is 14.5. The smallest absolute Gasteiger partial charge is 0.0547 e. The van der Waals surface area contributed by atoms with E-state index in [0.29, 0.717) is 12.1 Å². The van der Waals surface area contributed by atoms with Crippen LogP contribution in [0.4, 0.5) is 0 Å². The first-order chi connectivity index (χ1) is 9.04. The maximum Gasteiger partial charge on any atom is 0.0547 e. The van der Waals surface area contributed by atoms with Crippen LogP contribution in [0.2, 0.25) is 0 Å². The second-order valence-electron chi connectivity index (χ2n) is 6.29. The van der Waals surface area contributed by atoms with Crippen LogP contribution in [0, 0.1) is 12.8 Å². The van der Waals surface area contributed by atoms with Crippen LogP contribution in [-0.2, 0) is 6.54 Å². The third kappa shape index (κ3) is 4.29. The monoisotopic (exact) mass is 261 g/mol. The first-order valence-corrected chi connectivity index (χ1v) is 7.44. The van der Waals surface area contributed by atoms with Crippen molar-refractivity contribution in [1.82, 2.24) is 15.2 Å². The Hall–Kier alpha value is -0.930. The minimum Gasteiger partial charge on any atom is -0.311 e. The molecule has 2 atom stereocenters. The van der Waals surface area contributed by atoms with Crippen molar-refractivity contribution in [3.63, 3.8) is 0 Å². The third-order valence-electron chi connectivity index (χ3n) is 3.78. The number of aromatic nitrogens is 1. The molecule has 0 radical (unpaired) electrons. The van der Waals surface area contributed by atoms with E-state index < -0.39 is 0 Å². The number of hydrogen-bond acceptors (Lipinski definition) is 3. The van der Waals surface area contributed by atoms with Gasteiger partial charge >= 0.3 is 0 Å². The molecular weight excluding hydrogens is 234 g/mol. The molecule has 3 heteroatoms. The second kappa shape index (κ2) is 6.49. The van der Waals surface area contributed by atoms with Crippen LogP contribution in [0.1, 0.15) is 38.6 Å². The van der Waals surface area contributed by atoms with Crippen LogP contribution in [0.15, 0.2) is 18.2 Å². The topological polar surface area (TPSA) is 28.2 Å². The summed E-state index contributed by atoms with van der Waals surface area (Å²) in [7, 11) is 0. The molecule has 1 aromatic rings. The van der Waals surface area contributed by atoms with Gasteiger partial charge in [0.2, 0.25) is 0 Å². The molecule has 2 rings (SSSR count). The van der Waals surface area contributed by atoms with E-state index in [4.69, 9.17) is 0 Å². The maximum absolute atomic E-state index is 4.64. The molecule has 2 unspecified atom stereocenters. The van der Waals surface area contributed by atoms with Gasteiger partial charge in [-0.1, -0.05) is 19.9 Å². The van der Waals surface area contributed by atoms with Crippen LogP contribution in [0.5, 0.6) is 0 Å². The highest BCUT2D eigenvalue weighted by Crippen LogP contribution is 2.17. The lowest BCUT2D eigenvalue weighted by atomic mass is 9.99. The number of nitrogens with one attached hydrogen (secondary N) is 1. The van der Waals surface area contributed by atoms with Crippen LogP contribution in [0.3, 0.4) is 0 Å². The number of hydrogen-bond donors (Lipinski definition) is 1. The molecular formula is C16H27N3. The second-order valence-corrected chi connectivity index (χ2v) is 6.29. The first-order valence-electron chi connectivity index (χ1n) is 7.44. The molecule has 2 heterocycles. The molecule has 3 nitrogen and oxygen atoms in total. The van der Waals surface area contributed by atoms with E-state index in [-0.39, 0.29) is 0 Å². The normalized spacial score (nSPS) is 24.9. The van der Waals surface area contributed by atoms with E-state index in [2.05, 4.69) is 61.1 Å². The van der Waals surface area contributed by atoms with Gasteiger partial charge in [-0.25, -0.2) is 0 Å². The fourth-order valence-corrected chi connectivity index (χ4v) is 2.90. The summed E-state index contributed by atoms with van der Waals surface area (Å²) in [6.07, 6.45) is 1.26. The van der Waals surface area contributed by atoms with Crippen LogP contribution in [-0.4, -0.2) is 35.1 Å². The Balaban J connectivity index is 2.05. The average Bonchev–Trinajstić information content (AvgIpc) is 2.32. The SMILES string of the molecule is Cc1cccc(CN2CC(C)NCC2CC(C)C)n1. The molecule has 0 amide bonds. The number of piperazine rings is 1. The molecule has 1 aromatic heterocycles. The van der Waals surface area contributed by atoms with Gasteiger partial charge in [-0.05, 0) is 38.3 Å². The van der Waals surface area contributed by atoms with E-state index >= 15 is 0 Å². The Kier molecular flexibility index (Phi) is 4.94. The maximum atomic E-state index is 4.64. The van der Waals surface area contributed by atoms with E-state index in [1.165, 1.54) is 12.1 Å². The van der Waals surface area contributed by atoms with Crippen LogP contribution < -0.4 is 5.32 Å². The van der Waals surface area contributed by atoms with Gasteiger partial charge in [0.15, 0.2) is 0 Å². The molecule has 1 saturated heterocycles. The van der Waals surface area contributed by atoms with Crippen molar-refractivity contribution in [1.29, 1.82) is 0 Å². The molecule has 1 aliphatic heterocycles. The molecule has 1 fully saturated rings. The van der Waals surface area contributed by atoms with Crippen molar-refractivity contribution in [2.75, 3.05) is 13.1 Å². The Morgan fingerprint density at radius 3 is 2.89 bits per heavy atom. The fraction of sp³-hybridized carbons (Fsp3) is 0.688. The standard InChI is InChI=1S/C16H27N3/c1-12(2)8-16-9-17-14(4)10-19(16)11-15-7-5-6-13(3)18-15/h5-7,12,14,16-17H,8-11H2,1-4H3. The van der Waals surface area contributed by atoms with Crippen molar-refractivity contribution in [3.05, 3.63) is 29.6 Å². The molecule has 19 heavy (non-hydrogen) atoms. The van der Waals surface area contributed by atoms with Gasteiger partial charge < -0.3 is 5.32 Å². The highest BCUT2D eigenvalue weighted by molar-refractivity contribution is 5.10. The Bertz CT molecular complexity index is 403. The molecule has 0 spiro atoms. The van der Waals surface area contributed by atoms with E-state index in [1.54, 1.807) is 0 Å². The average molecular weight is 261 g/mol. The zero-order valence-corrected chi connectivity index (χ0v) is 12.7. The molecule has 0 bridgehead atoms. The minimum absolute atomic E-state index is 0.577. The van der Waals surface area contributed by atoms with E-state index in [0.717, 1.165) is 31.2 Å². The third-order valence-corrected chi connectivity index (χ3v) is 3.78. The van der Waals surface area contributed by atoms with Crippen molar-refractivity contribution < 1.29 is 0 Å². The quantitative estimate of drug-likeness (QED) is 0.903. The molecule has 0 aliphatic carbocycles. The van der Waals surface area contributed by atoms with Crippen molar-refractivity contribution >= 4 is 0 Å². The Labute approximate surface area is 117 Å². The summed E-state index contributed by atoms with van der Waals surface area (Å²) in [6, 6.07) is 7.54. The molecule has 0 aromatic carbocycles. The van der Waals surface area contributed by atoms with Crippen molar-refractivity contribution in [2.45, 2.75) is 52.7 Å². The van der Waals surface area contributed by atoms with E-state index in [1.807, 2.05) is 0 Å². The minimum atomic E-state index is 0.577. The summed E-state index contributed by atoms with van der Waals surface area (Å²) in [5, 5.41) is 3.60. The van der Waals surface area contributed by atoms with Crippen molar-refractivity contribution in [3.8, 4) is 0 Å². The number of nitrogens with zero attached hydrogens (tertiary/aromatic N) is 2. The van der Waals surface area contributed by atoms with Gasteiger partial charge in [-0.2, -0.15) is 0 Å². The number of aryl methyl sites for hydroxylation is 1. The predicted octanol–water partition coefficient (Wildman–Crippen LogP) is 2.60. The zero-order chi connectivity index (χ0) is 13.8. The van der Waals surface area contributed by atoms with Crippen LogP contribution >= 0.6 is 0 Å². The van der Waals surface area contributed by atoms with Gasteiger partial charge in [0.05, 0.1) is 5.69 Å². The Morgan fingerprint density at radius 2 is 2.21 bits per heavy atom. The lowest BCUT2D eigenvalue weighted by Crippen LogP contribution is -2.55. The predicted molar refractivity (Wildman–Crippen MR) is 80.1 cm³/mol. The molecule has 0 saturated carbocycles. The van der Waals surface area contributed by atoms with E-state index in [9.17, 15) is 0 Å². The lowest BCUT2D eigenvalue weighted by molar-refractivity contribution is 0.110. The van der Waals surface area contributed by atoms with Gasteiger partial charge in [0.25, 0.3) is 0 Å². The highest BCUT2D eigenvalue weighted by atomic mass is 15.2. The number of rotatable bonds is 4. The summed E-state index contributed by atoms with van der Waals surface area (Å²) in [5.74, 6) is 0.744. The number of pyridine rings is 1. The van der Waals surface area contributed by atoms with Crippen molar-refractivity contribution in [2.24, 2.45) is 5.92 Å². The molecule has 106 valence electrons. The van der Waals surface area contributed by atoms with Gasteiger partial charge in [0, 0.05) is 37.4 Å². The van der Waals surface area contributed by atoms with Gasteiger partial charge in [0.1, 0.15) is 0 Å². The molecule has 1 N–H and O–H groups in total. The summed E-state index contributed by atoms with van der Waals surface area (Å²) in [6.45, 7) is 12.1. The summed E-state index contributed by atoms with van der Waals surface area (Å²) in [4.78, 5) is 7.24. The highest BCUT2D eigenvalue weighted by Gasteiger charge is 2.26. The lowest BCUT2D eigenvalue weighted by Gasteiger charge is -2.40. The largest absolute Gasteiger partial charge is 0.311 e. The zero-order valence-electron chi connectivity index (χ0n) is 12.7.